The summed E-state index contributed by atoms with van der Waals surface area (Å²) in [5, 5.41) is 13.6. The molecular weight excluding hydrogens is 346 g/mol. The van der Waals surface area contributed by atoms with Crippen LogP contribution in [-0.4, -0.2) is 17.1 Å². The minimum absolute atomic E-state index is 0.272. The molecule has 0 aliphatic heterocycles. The first kappa shape index (κ1) is 18.5. The number of benzene rings is 3. The third-order valence-electron chi connectivity index (χ3n) is 5.56. The van der Waals surface area contributed by atoms with Crippen molar-refractivity contribution in [2.45, 2.75) is 31.8 Å². The van der Waals surface area contributed by atoms with Gasteiger partial charge in [0, 0.05) is 0 Å². The highest BCUT2D eigenvalue weighted by Crippen LogP contribution is 2.51. The highest BCUT2D eigenvalue weighted by molar-refractivity contribution is 5.84. The molecule has 3 aromatic carbocycles. The molecule has 4 rings (SSSR count). The number of hydrogen-bond acceptors (Lipinski definition) is 2. The SMILES string of the molecule is CC(C)C[C@H](NC1(c2ccccc2)c2ccccc2-c2ccccc21)C(=O)O. The number of hydrogen-bond donors (Lipinski definition) is 2. The molecule has 0 spiro atoms. The summed E-state index contributed by atoms with van der Waals surface area (Å²) in [6.07, 6.45) is 0.564. The zero-order valence-electron chi connectivity index (χ0n) is 16.2. The van der Waals surface area contributed by atoms with E-state index in [1.54, 1.807) is 0 Å². The molecule has 3 heteroatoms. The summed E-state index contributed by atoms with van der Waals surface area (Å²) < 4.78 is 0. The molecular formula is C25H25NO2. The van der Waals surface area contributed by atoms with E-state index >= 15 is 0 Å². The van der Waals surface area contributed by atoms with E-state index in [4.69, 9.17) is 0 Å². The third-order valence-corrected chi connectivity index (χ3v) is 5.56. The summed E-state index contributed by atoms with van der Waals surface area (Å²) >= 11 is 0. The molecule has 2 N–H and O–H groups in total. The van der Waals surface area contributed by atoms with Crippen molar-refractivity contribution in [3.63, 3.8) is 0 Å². The Morgan fingerprint density at radius 3 is 1.86 bits per heavy atom. The monoisotopic (exact) mass is 371 g/mol. The van der Waals surface area contributed by atoms with Crippen LogP contribution < -0.4 is 5.32 Å². The average molecular weight is 371 g/mol. The summed E-state index contributed by atoms with van der Waals surface area (Å²) in [6, 6.07) is 26.2. The van der Waals surface area contributed by atoms with E-state index in [9.17, 15) is 9.90 Å². The van der Waals surface area contributed by atoms with Crippen molar-refractivity contribution in [1.29, 1.82) is 0 Å². The van der Waals surface area contributed by atoms with Crippen LogP contribution >= 0.6 is 0 Å². The normalized spacial score (nSPS) is 15.1. The maximum absolute atomic E-state index is 12.2. The van der Waals surface area contributed by atoms with Crippen LogP contribution in [0.4, 0.5) is 0 Å². The van der Waals surface area contributed by atoms with Crippen molar-refractivity contribution in [3.05, 3.63) is 95.6 Å². The van der Waals surface area contributed by atoms with Crippen LogP contribution in [0.3, 0.4) is 0 Å². The number of carboxylic acid groups (broad SMARTS) is 1. The lowest BCUT2D eigenvalue weighted by Gasteiger charge is -2.37. The van der Waals surface area contributed by atoms with Crippen molar-refractivity contribution in [2.24, 2.45) is 5.92 Å². The predicted octanol–water partition coefficient (Wildman–Crippen LogP) is 5.05. The molecule has 0 saturated heterocycles. The van der Waals surface area contributed by atoms with Gasteiger partial charge in [-0.3, -0.25) is 10.1 Å². The van der Waals surface area contributed by atoms with Crippen molar-refractivity contribution >= 4 is 5.97 Å². The van der Waals surface area contributed by atoms with Crippen molar-refractivity contribution in [1.82, 2.24) is 5.32 Å². The first-order valence-corrected chi connectivity index (χ1v) is 9.79. The van der Waals surface area contributed by atoms with Crippen LogP contribution in [0.1, 0.15) is 37.0 Å². The standard InChI is InChI=1S/C25H25NO2/c1-17(2)16-23(24(27)28)26-25(18-10-4-3-5-11-18)21-14-8-6-12-19(21)20-13-7-9-15-22(20)25/h3-15,17,23,26H,16H2,1-2H3,(H,27,28)/t23-/m0/s1. The molecule has 0 fully saturated rings. The number of nitrogens with one attached hydrogen (secondary N) is 1. The average Bonchev–Trinajstić information content (AvgIpc) is 2.99. The molecule has 0 unspecified atom stereocenters. The molecule has 3 aromatic rings. The molecule has 0 aromatic heterocycles. The number of carbonyl (C=O) groups is 1. The third kappa shape index (κ3) is 2.92. The van der Waals surface area contributed by atoms with Gasteiger partial charge in [0.05, 0.1) is 5.54 Å². The second-order valence-electron chi connectivity index (χ2n) is 7.87. The van der Waals surface area contributed by atoms with Gasteiger partial charge in [0.15, 0.2) is 0 Å². The zero-order chi connectivity index (χ0) is 19.7. The lowest BCUT2D eigenvalue weighted by molar-refractivity contribution is -0.140. The highest BCUT2D eigenvalue weighted by atomic mass is 16.4. The number of carboxylic acids is 1. The Morgan fingerprint density at radius 1 is 0.857 bits per heavy atom. The summed E-state index contributed by atoms with van der Waals surface area (Å²) in [6.45, 7) is 4.12. The molecule has 1 atom stereocenters. The maximum Gasteiger partial charge on any atom is 0.320 e. The summed E-state index contributed by atoms with van der Waals surface area (Å²) in [7, 11) is 0. The summed E-state index contributed by atoms with van der Waals surface area (Å²) in [5.41, 5.74) is 4.90. The number of aliphatic carboxylic acids is 1. The predicted molar refractivity (Wildman–Crippen MR) is 112 cm³/mol. The second-order valence-corrected chi connectivity index (χ2v) is 7.87. The molecule has 3 nitrogen and oxygen atoms in total. The van der Waals surface area contributed by atoms with E-state index in [1.165, 1.54) is 0 Å². The molecule has 0 heterocycles. The van der Waals surface area contributed by atoms with E-state index < -0.39 is 17.6 Å². The second kappa shape index (κ2) is 7.25. The van der Waals surface area contributed by atoms with Crippen LogP contribution in [0.15, 0.2) is 78.9 Å². The Kier molecular flexibility index (Phi) is 4.78. The molecule has 0 radical (unpaired) electrons. The largest absolute Gasteiger partial charge is 0.480 e. The first-order chi connectivity index (χ1) is 13.5. The van der Waals surface area contributed by atoms with Gasteiger partial charge in [0.25, 0.3) is 0 Å². The van der Waals surface area contributed by atoms with Crippen molar-refractivity contribution < 1.29 is 9.90 Å². The van der Waals surface area contributed by atoms with Gasteiger partial charge in [-0.05, 0) is 40.2 Å². The van der Waals surface area contributed by atoms with Gasteiger partial charge in [-0.25, -0.2) is 0 Å². The van der Waals surface area contributed by atoms with Crippen LogP contribution in [0.25, 0.3) is 11.1 Å². The minimum atomic E-state index is -0.814. The molecule has 1 aliphatic carbocycles. The van der Waals surface area contributed by atoms with Gasteiger partial charge in [-0.1, -0.05) is 92.7 Å². The van der Waals surface area contributed by atoms with Crippen LogP contribution in [0.2, 0.25) is 0 Å². The zero-order valence-corrected chi connectivity index (χ0v) is 16.2. The summed E-state index contributed by atoms with van der Waals surface area (Å²) in [4.78, 5) is 12.2. The molecule has 0 bridgehead atoms. The fourth-order valence-electron chi connectivity index (χ4n) is 4.43. The highest BCUT2D eigenvalue weighted by Gasteiger charge is 2.46. The molecule has 1 aliphatic rings. The van der Waals surface area contributed by atoms with Gasteiger partial charge >= 0.3 is 5.97 Å². The van der Waals surface area contributed by atoms with Crippen molar-refractivity contribution in [3.8, 4) is 11.1 Å². The molecule has 0 amide bonds. The van der Waals surface area contributed by atoms with Gasteiger partial charge < -0.3 is 5.11 Å². The van der Waals surface area contributed by atoms with Gasteiger partial charge in [0.1, 0.15) is 6.04 Å². The quantitative estimate of drug-likeness (QED) is 0.638. The summed E-state index contributed by atoms with van der Waals surface area (Å²) in [5.74, 6) is -0.542. The van der Waals surface area contributed by atoms with E-state index in [0.717, 1.165) is 27.8 Å². The molecule has 28 heavy (non-hydrogen) atoms. The van der Waals surface area contributed by atoms with E-state index in [1.807, 2.05) is 42.5 Å². The number of rotatable bonds is 6. The Morgan fingerprint density at radius 2 is 1.36 bits per heavy atom. The smallest absolute Gasteiger partial charge is 0.320 e. The minimum Gasteiger partial charge on any atom is -0.480 e. The maximum atomic E-state index is 12.2. The van der Waals surface area contributed by atoms with E-state index in [2.05, 4.69) is 55.6 Å². The Labute approximate surface area is 166 Å². The van der Waals surface area contributed by atoms with Gasteiger partial charge in [-0.15, -0.1) is 0 Å². The molecule has 142 valence electrons. The lowest BCUT2D eigenvalue weighted by atomic mass is 9.79. The first-order valence-electron chi connectivity index (χ1n) is 9.79. The van der Waals surface area contributed by atoms with E-state index in [0.29, 0.717) is 6.42 Å². The van der Waals surface area contributed by atoms with Gasteiger partial charge in [0.2, 0.25) is 0 Å². The fourth-order valence-corrected chi connectivity index (χ4v) is 4.43. The topological polar surface area (TPSA) is 49.3 Å². The van der Waals surface area contributed by atoms with E-state index in [-0.39, 0.29) is 5.92 Å². The fraction of sp³-hybridized carbons (Fsp3) is 0.240. The Bertz CT molecular complexity index is 949. The Balaban J connectivity index is 1.99. The van der Waals surface area contributed by atoms with Crippen LogP contribution in [-0.2, 0) is 10.3 Å². The Hall–Kier alpha value is -2.91. The lowest BCUT2D eigenvalue weighted by Crippen LogP contribution is -2.52. The van der Waals surface area contributed by atoms with Crippen LogP contribution in [0, 0.1) is 5.92 Å². The van der Waals surface area contributed by atoms with Crippen LogP contribution in [0.5, 0.6) is 0 Å². The molecule has 0 saturated carbocycles. The van der Waals surface area contributed by atoms with Crippen molar-refractivity contribution in [2.75, 3.05) is 0 Å². The number of fused-ring (bicyclic) bond motifs is 3. The van der Waals surface area contributed by atoms with Gasteiger partial charge in [-0.2, -0.15) is 0 Å².